The number of primary amides is 1. The molecule has 1 aliphatic rings. The van der Waals surface area contributed by atoms with E-state index in [1.165, 1.54) is 6.07 Å². The summed E-state index contributed by atoms with van der Waals surface area (Å²) < 4.78 is 10.7. The van der Waals surface area contributed by atoms with E-state index in [4.69, 9.17) is 26.8 Å². The van der Waals surface area contributed by atoms with Crippen molar-refractivity contribution in [3.8, 4) is 5.75 Å². The maximum absolute atomic E-state index is 11.3. The second-order valence-electron chi connectivity index (χ2n) is 5.12. The first-order valence-electron chi connectivity index (χ1n) is 7.34. The summed E-state index contributed by atoms with van der Waals surface area (Å²) in [6.45, 7) is 4.14. The second kappa shape index (κ2) is 8.62. The summed E-state index contributed by atoms with van der Waals surface area (Å²) in [6, 6.07) is 2.33. The molecule has 2 N–H and O–H groups in total. The van der Waals surface area contributed by atoms with Crippen LogP contribution in [0.5, 0.6) is 5.75 Å². The molecule has 0 radical (unpaired) electrons. The predicted molar refractivity (Wildman–Crippen MR) is 88.5 cm³/mol. The van der Waals surface area contributed by atoms with E-state index in [0.29, 0.717) is 0 Å². The van der Waals surface area contributed by atoms with Crippen LogP contribution < -0.4 is 10.5 Å². The lowest BCUT2D eigenvalue weighted by Crippen LogP contribution is -2.36. The van der Waals surface area contributed by atoms with E-state index in [9.17, 15) is 14.9 Å². The molecule has 0 aliphatic carbocycles. The number of nitro benzene ring substituents is 1. The Morgan fingerprint density at radius 2 is 2.12 bits per heavy atom. The molecule has 1 saturated heterocycles. The van der Waals surface area contributed by atoms with Crippen LogP contribution in [0.3, 0.4) is 0 Å². The number of nitrogens with zero attached hydrogens (tertiary/aromatic N) is 2. The number of ether oxygens (including phenoxy) is 2. The summed E-state index contributed by atoms with van der Waals surface area (Å²) in [5, 5.41) is 10.8. The van der Waals surface area contributed by atoms with Gasteiger partial charge in [0.25, 0.3) is 5.69 Å². The molecule has 0 saturated carbocycles. The van der Waals surface area contributed by atoms with Crippen LogP contribution in [0.1, 0.15) is 10.4 Å². The third-order valence-corrected chi connectivity index (χ3v) is 3.85. The third kappa shape index (κ3) is 4.92. The summed E-state index contributed by atoms with van der Waals surface area (Å²) in [4.78, 5) is 23.8. The molecule has 1 fully saturated rings. The number of carbonyl (C=O) groups is 1. The molecule has 0 bridgehead atoms. The van der Waals surface area contributed by atoms with Gasteiger partial charge in [0.2, 0.25) is 5.91 Å². The zero-order valence-corrected chi connectivity index (χ0v) is 13.7. The molecule has 1 aliphatic heterocycles. The number of hydrogen-bond acceptors (Lipinski definition) is 6. The van der Waals surface area contributed by atoms with Crippen molar-refractivity contribution < 1.29 is 19.2 Å². The highest BCUT2D eigenvalue weighted by Gasteiger charge is 2.20. The summed E-state index contributed by atoms with van der Waals surface area (Å²) in [5.41, 5.74) is 4.73. The average molecular weight is 356 g/mol. The predicted octanol–water partition coefficient (Wildman–Crippen LogP) is 1.61. The fraction of sp³-hybridized carbons (Fsp3) is 0.400. The molecule has 9 heteroatoms. The van der Waals surface area contributed by atoms with Crippen LogP contribution in [-0.4, -0.2) is 55.2 Å². The zero-order valence-electron chi connectivity index (χ0n) is 12.9. The Morgan fingerprint density at radius 3 is 2.75 bits per heavy atom. The van der Waals surface area contributed by atoms with E-state index in [1.807, 2.05) is 6.08 Å². The Hall–Kier alpha value is -2.16. The lowest BCUT2D eigenvalue weighted by atomic mass is 10.2. The van der Waals surface area contributed by atoms with E-state index < -0.39 is 16.5 Å². The number of morpholine rings is 1. The van der Waals surface area contributed by atoms with Gasteiger partial charge in [-0.2, -0.15) is 0 Å². The van der Waals surface area contributed by atoms with Gasteiger partial charge in [-0.3, -0.25) is 19.8 Å². The second-order valence-corrected chi connectivity index (χ2v) is 5.50. The lowest BCUT2D eigenvalue weighted by Gasteiger charge is -2.25. The number of rotatable bonds is 7. The van der Waals surface area contributed by atoms with Crippen molar-refractivity contribution in [2.45, 2.75) is 0 Å². The SMILES string of the molecule is NC(=O)c1cc(OC/C=C/CN2CCOCC2)c(Cl)c([N+](=O)[O-])c1. The van der Waals surface area contributed by atoms with E-state index in [-0.39, 0.29) is 22.9 Å². The van der Waals surface area contributed by atoms with Crippen LogP contribution in [-0.2, 0) is 4.74 Å². The normalized spacial score (nSPS) is 15.5. The Morgan fingerprint density at radius 1 is 1.42 bits per heavy atom. The average Bonchev–Trinajstić information content (AvgIpc) is 2.56. The molecule has 0 atom stereocenters. The molecule has 1 aromatic rings. The van der Waals surface area contributed by atoms with Gasteiger partial charge in [-0.15, -0.1) is 0 Å². The molecule has 24 heavy (non-hydrogen) atoms. The highest BCUT2D eigenvalue weighted by molar-refractivity contribution is 6.34. The van der Waals surface area contributed by atoms with E-state index >= 15 is 0 Å². The van der Waals surface area contributed by atoms with E-state index in [0.717, 1.165) is 38.9 Å². The maximum atomic E-state index is 11.3. The van der Waals surface area contributed by atoms with Crippen molar-refractivity contribution in [3.63, 3.8) is 0 Å². The topological polar surface area (TPSA) is 108 Å². The molecule has 1 aromatic carbocycles. The summed E-state index contributed by atoms with van der Waals surface area (Å²) in [6.07, 6.45) is 3.72. The molecule has 0 unspecified atom stereocenters. The first-order valence-corrected chi connectivity index (χ1v) is 7.72. The Balaban J connectivity index is 1.98. The minimum atomic E-state index is -0.789. The molecule has 8 nitrogen and oxygen atoms in total. The smallest absolute Gasteiger partial charge is 0.292 e. The van der Waals surface area contributed by atoms with Gasteiger partial charge in [-0.1, -0.05) is 23.8 Å². The van der Waals surface area contributed by atoms with Gasteiger partial charge in [0.05, 0.1) is 18.1 Å². The first kappa shape index (κ1) is 18.2. The summed E-state index contributed by atoms with van der Waals surface area (Å²) >= 11 is 5.95. The van der Waals surface area contributed by atoms with Gasteiger partial charge in [0.1, 0.15) is 12.4 Å². The molecular formula is C15H18ClN3O5. The van der Waals surface area contributed by atoms with Crippen molar-refractivity contribution >= 4 is 23.2 Å². The van der Waals surface area contributed by atoms with Crippen LogP contribution in [0.15, 0.2) is 24.3 Å². The Kier molecular flexibility index (Phi) is 6.53. The maximum Gasteiger partial charge on any atom is 0.292 e. The molecular weight excluding hydrogens is 338 g/mol. The number of amides is 1. The van der Waals surface area contributed by atoms with Crippen LogP contribution in [0.4, 0.5) is 5.69 Å². The van der Waals surface area contributed by atoms with Gasteiger partial charge in [0.15, 0.2) is 5.02 Å². The molecule has 2 rings (SSSR count). The number of nitro groups is 1. The minimum absolute atomic E-state index is 0.0293. The zero-order chi connectivity index (χ0) is 17.5. The number of benzene rings is 1. The fourth-order valence-electron chi connectivity index (χ4n) is 2.18. The third-order valence-electron chi connectivity index (χ3n) is 3.47. The molecule has 1 amide bonds. The van der Waals surface area contributed by atoms with Gasteiger partial charge in [-0.25, -0.2) is 0 Å². The highest BCUT2D eigenvalue weighted by atomic mass is 35.5. The number of hydrogen-bond donors (Lipinski definition) is 1. The van der Waals surface area contributed by atoms with Crippen molar-refractivity contribution in [2.24, 2.45) is 5.73 Å². The van der Waals surface area contributed by atoms with Crippen LogP contribution in [0.2, 0.25) is 5.02 Å². The molecule has 0 spiro atoms. The first-order chi connectivity index (χ1) is 11.5. The molecule has 0 aromatic heterocycles. The minimum Gasteiger partial charge on any atom is -0.488 e. The quantitative estimate of drug-likeness (QED) is 0.452. The monoisotopic (exact) mass is 355 g/mol. The fourth-order valence-corrected chi connectivity index (χ4v) is 2.41. The van der Waals surface area contributed by atoms with Crippen molar-refractivity contribution in [3.05, 3.63) is 45.0 Å². The van der Waals surface area contributed by atoms with Gasteiger partial charge in [0, 0.05) is 31.3 Å². The lowest BCUT2D eigenvalue weighted by molar-refractivity contribution is -0.384. The van der Waals surface area contributed by atoms with Gasteiger partial charge >= 0.3 is 0 Å². The largest absolute Gasteiger partial charge is 0.488 e. The van der Waals surface area contributed by atoms with Crippen LogP contribution in [0.25, 0.3) is 0 Å². The standard InChI is InChI=1S/C15H18ClN3O5/c16-14-12(19(21)22)9-11(15(17)20)10-13(14)24-6-2-1-3-18-4-7-23-8-5-18/h1-2,9-10H,3-8H2,(H2,17,20)/b2-1+. The van der Waals surface area contributed by atoms with Crippen molar-refractivity contribution in [2.75, 3.05) is 39.5 Å². The molecule has 130 valence electrons. The number of nitrogens with two attached hydrogens (primary N) is 1. The Bertz CT molecular complexity index is 644. The van der Waals surface area contributed by atoms with Crippen LogP contribution >= 0.6 is 11.6 Å². The molecule has 1 heterocycles. The van der Waals surface area contributed by atoms with Crippen LogP contribution in [0, 0.1) is 10.1 Å². The van der Waals surface area contributed by atoms with Gasteiger partial charge in [-0.05, 0) is 6.07 Å². The highest BCUT2D eigenvalue weighted by Crippen LogP contribution is 2.35. The van der Waals surface area contributed by atoms with Gasteiger partial charge < -0.3 is 15.2 Å². The number of carbonyl (C=O) groups excluding carboxylic acids is 1. The summed E-state index contributed by atoms with van der Waals surface area (Å²) in [5.74, 6) is -0.738. The summed E-state index contributed by atoms with van der Waals surface area (Å²) in [7, 11) is 0. The Labute approximate surface area is 143 Å². The number of halogens is 1. The van der Waals surface area contributed by atoms with E-state index in [2.05, 4.69) is 4.90 Å². The van der Waals surface area contributed by atoms with Crippen molar-refractivity contribution in [1.82, 2.24) is 4.90 Å². The van der Waals surface area contributed by atoms with E-state index in [1.54, 1.807) is 6.08 Å². The van der Waals surface area contributed by atoms with Crippen molar-refractivity contribution in [1.29, 1.82) is 0 Å².